The van der Waals surface area contributed by atoms with E-state index in [1.165, 1.54) is 6.07 Å². The van der Waals surface area contributed by atoms with Crippen molar-refractivity contribution in [1.29, 1.82) is 0 Å². The van der Waals surface area contributed by atoms with E-state index < -0.39 is 17.3 Å². The molecule has 0 fully saturated rings. The van der Waals surface area contributed by atoms with Crippen molar-refractivity contribution in [3.63, 3.8) is 0 Å². The lowest BCUT2D eigenvalue weighted by Gasteiger charge is -2.29. The van der Waals surface area contributed by atoms with Gasteiger partial charge in [0.15, 0.2) is 0 Å². The van der Waals surface area contributed by atoms with E-state index in [0.717, 1.165) is 0 Å². The van der Waals surface area contributed by atoms with Crippen molar-refractivity contribution in [3.8, 4) is 0 Å². The maximum absolute atomic E-state index is 13.5. The molecule has 1 aromatic carbocycles. The Kier molecular flexibility index (Phi) is 5.70. The van der Waals surface area contributed by atoms with Crippen LogP contribution in [0.4, 0.5) is 4.39 Å². The molecule has 0 aliphatic heterocycles. The van der Waals surface area contributed by atoms with Crippen LogP contribution in [-0.4, -0.2) is 11.7 Å². The highest BCUT2D eigenvalue weighted by Crippen LogP contribution is 2.32. The quantitative estimate of drug-likeness (QED) is 0.885. The molecule has 0 heterocycles. The van der Waals surface area contributed by atoms with Gasteiger partial charge < -0.3 is 10.8 Å². The molecule has 2 nitrogen and oxygen atoms in total. The lowest BCUT2D eigenvalue weighted by molar-refractivity contribution is 0.131. The van der Waals surface area contributed by atoms with Crippen molar-refractivity contribution < 1.29 is 9.50 Å². The van der Waals surface area contributed by atoms with Crippen LogP contribution in [0.1, 0.15) is 25.5 Å². The molecule has 0 radical (unpaired) electrons. The van der Waals surface area contributed by atoms with Gasteiger partial charge >= 0.3 is 0 Å². The van der Waals surface area contributed by atoms with Crippen LogP contribution in [0, 0.1) is 11.2 Å². The molecule has 16 heavy (non-hydrogen) atoms. The Hall–Kier alpha value is -0.350. The van der Waals surface area contributed by atoms with Gasteiger partial charge in [0.05, 0.1) is 0 Å². The first-order valence-electron chi connectivity index (χ1n) is 4.70. The fourth-order valence-electron chi connectivity index (χ4n) is 1.27. The smallest absolute Gasteiger partial charge is 0.129 e. The number of aliphatic hydroxyl groups is 1. The third-order valence-electron chi connectivity index (χ3n) is 2.55. The molecule has 0 spiro atoms. The van der Waals surface area contributed by atoms with Gasteiger partial charge in [-0.3, -0.25) is 0 Å². The van der Waals surface area contributed by atoms with Crippen LogP contribution >= 0.6 is 24.0 Å². The van der Waals surface area contributed by atoms with Crippen LogP contribution in [0.15, 0.2) is 18.2 Å². The molecule has 92 valence electrons. The zero-order chi connectivity index (χ0) is 11.6. The molecule has 0 unspecified atom stereocenters. The van der Waals surface area contributed by atoms with E-state index in [9.17, 15) is 4.39 Å². The zero-order valence-electron chi connectivity index (χ0n) is 9.21. The summed E-state index contributed by atoms with van der Waals surface area (Å²) in [6.07, 6.45) is 0. The van der Waals surface area contributed by atoms with Crippen molar-refractivity contribution in [1.82, 2.24) is 0 Å². The summed E-state index contributed by atoms with van der Waals surface area (Å²) < 4.78 is 13.5. The van der Waals surface area contributed by atoms with Crippen molar-refractivity contribution in [2.24, 2.45) is 11.1 Å². The predicted octanol–water partition coefficient (Wildman–Crippen LogP) is 2.92. The summed E-state index contributed by atoms with van der Waals surface area (Å²) in [5.41, 5.74) is 5.70. The molecule has 0 aliphatic carbocycles. The Morgan fingerprint density at radius 3 is 2.50 bits per heavy atom. The number of benzene rings is 1. The topological polar surface area (TPSA) is 46.2 Å². The Morgan fingerprint density at radius 2 is 2.06 bits per heavy atom. The summed E-state index contributed by atoms with van der Waals surface area (Å²) in [6, 6.07) is 3.82. The van der Waals surface area contributed by atoms with Crippen LogP contribution in [0.2, 0.25) is 5.02 Å². The van der Waals surface area contributed by atoms with E-state index in [-0.39, 0.29) is 19.0 Å². The number of halogens is 3. The van der Waals surface area contributed by atoms with Gasteiger partial charge in [0.2, 0.25) is 0 Å². The molecule has 0 aliphatic rings. The van der Waals surface area contributed by atoms with E-state index in [2.05, 4.69) is 0 Å². The van der Waals surface area contributed by atoms with Crippen LogP contribution in [-0.2, 0) is 0 Å². The number of rotatable bonds is 3. The van der Waals surface area contributed by atoms with Crippen LogP contribution in [0.3, 0.4) is 0 Å². The van der Waals surface area contributed by atoms with E-state index in [0.29, 0.717) is 10.6 Å². The minimum atomic E-state index is -0.561. The molecule has 0 aromatic heterocycles. The van der Waals surface area contributed by atoms with E-state index >= 15 is 0 Å². The summed E-state index contributed by atoms with van der Waals surface area (Å²) in [6.45, 7) is 3.47. The molecule has 0 bridgehead atoms. The van der Waals surface area contributed by atoms with Crippen molar-refractivity contribution >= 4 is 24.0 Å². The number of aliphatic hydroxyl groups excluding tert-OH is 1. The van der Waals surface area contributed by atoms with Gasteiger partial charge in [0, 0.05) is 28.6 Å². The maximum atomic E-state index is 13.5. The Balaban J connectivity index is 0.00000225. The van der Waals surface area contributed by atoms with Gasteiger partial charge in [-0.2, -0.15) is 0 Å². The minimum absolute atomic E-state index is 0. The molecule has 3 N–H and O–H groups in total. The average Bonchev–Trinajstić information content (AvgIpc) is 2.17. The lowest BCUT2D eigenvalue weighted by Crippen LogP contribution is -2.33. The molecular weight excluding hydrogens is 252 g/mol. The third kappa shape index (κ3) is 3.32. The standard InChI is InChI=1S/C11H15ClFNO.ClH/c1-11(2,6-15)10(14)8-4-3-7(12)5-9(8)13;/h3-5,10,15H,6,14H2,1-2H3;1H/t10-;/m0./s1. The SMILES string of the molecule is CC(C)(CO)[C@@H](N)c1ccc(Cl)cc1F.Cl. The Bertz CT molecular complexity index is 358. The van der Waals surface area contributed by atoms with Gasteiger partial charge in [-0.05, 0) is 12.1 Å². The first kappa shape index (κ1) is 15.7. The minimum Gasteiger partial charge on any atom is -0.396 e. The molecular formula is C11H16Cl2FNO. The summed E-state index contributed by atoms with van der Waals surface area (Å²) >= 11 is 5.64. The fraction of sp³-hybridized carbons (Fsp3) is 0.455. The zero-order valence-corrected chi connectivity index (χ0v) is 10.8. The average molecular weight is 268 g/mol. The summed E-state index contributed by atoms with van der Waals surface area (Å²) in [7, 11) is 0. The Morgan fingerprint density at radius 1 is 1.50 bits per heavy atom. The molecule has 1 aromatic rings. The predicted molar refractivity (Wildman–Crippen MR) is 66.5 cm³/mol. The van der Waals surface area contributed by atoms with Crippen LogP contribution in [0.25, 0.3) is 0 Å². The van der Waals surface area contributed by atoms with E-state index in [1.54, 1.807) is 26.0 Å². The lowest BCUT2D eigenvalue weighted by atomic mass is 9.81. The summed E-state index contributed by atoms with van der Waals surface area (Å²) in [4.78, 5) is 0. The first-order chi connectivity index (χ1) is 6.88. The highest BCUT2D eigenvalue weighted by atomic mass is 35.5. The molecule has 0 amide bonds. The number of hydrogen-bond acceptors (Lipinski definition) is 2. The van der Waals surface area contributed by atoms with Crippen molar-refractivity contribution in [3.05, 3.63) is 34.6 Å². The highest BCUT2D eigenvalue weighted by Gasteiger charge is 2.28. The van der Waals surface area contributed by atoms with Gasteiger partial charge in [0.25, 0.3) is 0 Å². The van der Waals surface area contributed by atoms with Gasteiger partial charge in [0.1, 0.15) is 5.82 Å². The molecule has 5 heteroatoms. The monoisotopic (exact) mass is 267 g/mol. The molecule has 0 saturated heterocycles. The molecule has 1 rings (SSSR count). The second-order valence-electron chi connectivity index (χ2n) is 4.29. The second kappa shape index (κ2) is 5.82. The fourth-order valence-corrected chi connectivity index (χ4v) is 1.43. The van der Waals surface area contributed by atoms with Gasteiger partial charge in [-0.15, -0.1) is 12.4 Å². The second-order valence-corrected chi connectivity index (χ2v) is 4.73. The molecule has 1 atom stereocenters. The Labute approximate surface area is 106 Å². The normalized spacial score (nSPS) is 13.1. The first-order valence-corrected chi connectivity index (χ1v) is 5.07. The number of nitrogens with two attached hydrogens (primary N) is 1. The van der Waals surface area contributed by atoms with Gasteiger partial charge in [-0.25, -0.2) is 4.39 Å². The largest absolute Gasteiger partial charge is 0.396 e. The van der Waals surface area contributed by atoms with Crippen LogP contribution in [0.5, 0.6) is 0 Å². The van der Waals surface area contributed by atoms with Gasteiger partial charge in [-0.1, -0.05) is 31.5 Å². The van der Waals surface area contributed by atoms with Crippen molar-refractivity contribution in [2.75, 3.05) is 6.61 Å². The van der Waals surface area contributed by atoms with Crippen molar-refractivity contribution in [2.45, 2.75) is 19.9 Å². The van der Waals surface area contributed by atoms with E-state index in [1.807, 2.05) is 0 Å². The third-order valence-corrected chi connectivity index (χ3v) is 2.78. The summed E-state index contributed by atoms with van der Waals surface area (Å²) in [5, 5.41) is 9.48. The maximum Gasteiger partial charge on any atom is 0.129 e. The number of hydrogen-bond donors (Lipinski definition) is 2. The van der Waals surface area contributed by atoms with E-state index in [4.69, 9.17) is 22.4 Å². The summed E-state index contributed by atoms with van der Waals surface area (Å²) in [5.74, 6) is -0.434. The molecule has 0 saturated carbocycles. The van der Waals surface area contributed by atoms with Crippen LogP contribution < -0.4 is 5.73 Å². The highest BCUT2D eigenvalue weighted by molar-refractivity contribution is 6.30.